The number of hydrogen-bond donors (Lipinski definition) is 2. The maximum atomic E-state index is 11.9. The van der Waals surface area contributed by atoms with E-state index in [0.29, 0.717) is 13.0 Å². The zero-order valence-corrected chi connectivity index (χ0v) is 12.9. The Kier molecular flexibility index (Phi) is 4.64. The monoisotopic (exact) mass is 292 g/mol. The van der Waals surface area contributed by atoms with Gasteiger partial charge in [-0.15, -0.1) is 0 Å². The van der Waals surface area contributed by atoms with Gasteiger partial charge in [-0.1, -0.05) is 19.9 Å². The predicted molar refractivity (Wildman–Crippen MR) is 79.7 cm³/mol. The second-order valence-electron chi connectivity index (χ2n) is 6.22. The quantitative estimate of drug-likeness (QED) is 0.829. The zero-order chi connectivity index (χ0) is 15.5. The summed E-state index contributed by atoms with van der Waals surface area (Å²) in [5.74, 6) is -0.105. The third kappa shape index (κ3) is 3.24. The minimum absolute atomic E-state index is 0.0442. The van der Waals surface area contributed by atoms with Crippen LogP contribution in [0.15, 0.2) is 24.5 Å². The molecule has 1 aliphatic rings. The van der Waals surface area contributed by atoms with E-state index in [4.69, 9.17) is 4.74 Å². The number of pyridine rings is 1. The van der Waals surface area contributed by atoms with Gasteiger partial charge in [-0.2, -0.15) is 0 Å². The number of ether oxygens (including phenoxy) is 1. The first kappa shape index (κ1) is 15.9. The van der Waals surface area contributed by atoms with Crippen molar-refractivity contribution in [3.8, 4) is 0 Å². The number of rotatable bonds is 6. The van der Waals surface area contributed by atoms with E-state index in [9.17, 15) is 9.90 Å². The molecule has 1 fully saturated rings. The minimum Gasteiger partial charge on any atom is -0.387 e. The highest BCUT2D eigenvalue weighted by Gasteiger charge is 2.59. The average Bonchev–Trinajstić information content (AvgIpc) is 2.46. The molecule has 1 amide bonds. The summed E-state index contributed by atoms with van der Waals surface area (Å²) in [4.78, 5) is 15.9. The van der Waals surface area contributed by atoms with Crippen LogP contribution in [0.4, 0.5) is 0 Å². The summed E-state index contributed by atoms with van der Waals surface area (Å²) < 4.78 is 5.61. The van der Waals surface area contributed by atoms with Crippen LogP contribution in [-0.2, 0) is 16.0 Å². The van der Waals surface area contributed by atoms with Crippen molar-refractivity contribution in [3.63, 3.8) is 0 Å². The molecule has 5 nitrogen and oxygen atoms in total. The van der Waals surface area contributed by atoms with Gasteiger partial charge < -0.3 is 15.2 Å². The molecule has 1 aliphatic carbocycles. The fourth-order valence-electron chi connectivity index (χ4n) is 2.76. The summed E-state index contributed by atoms with van der Waals surface area (Å²) in [6.07, 6.45) is 4.23. The number of aromatic nitrogens is 1. The molecule has 2 N–H and O–H groups in total. The fourth-order valence-corrected chi connectivity index (χ4v) is 2.76. The van der Waals surface area contributed by atoms with Crippen molar-refractivity contribution >= 4 is 5.91 Å². The molecule has 1 saturated carbocycles. The Morgan fingerprint density at radius 1 is 1.57 bits per heavy atom. The normalized spacial score (nSPS) is 27.0. The molecule has 0 saturated heterocycles. The van der Waals surface area contributed by atoms with E-state index >= 15 is 0 Å². The number of amides is 1. The molecular weight excluding hydrogens is 268 g/mol. The van der Waals surface area contributed by atoms with E-state index in [0.717, 1.165) is 5.56 Å². The van der Waals surface area contributed by atoms with Gasteiger partial charge in [-0.3, -0.25) is 9.78 Å². The molecule has 116 valence electrons. The lowest BCUT2D eigenvalue weighted by Gasteiger charge is -2.57. The van der Waals surface area contributed by atoms with Gasteiger partial charge in [0, 0.05) is 37.4 Å². The standard InChI is InChI=1S/C16H24N2O3/c1-4-21-13-9-16(20,15(13,2)3)11-18-14(19)8-12-6-5-7-17-10-12/h5-7,10,13,20H,4,8-9,11H2,1-3H3,(H,18,19). The van der Waals surface area contributed by atoms with Gasteiger partial charge in [0.15, 0.2) is 0 Å². The highest BCUT2D eigenvalue weighted by molar-refractivity contribution is 5.78. The summed E-state index contributed by atoms with van der Waals surface area (Å²) in [5.41, 5.74) is -0.399. The summed E-state index contributed by atoms with van der Waals surface area (Å²) in [6.45, 7) is 6.79. The lowest BCUT2D eigenvalue weighted by molar-refractivity contribution is -0.238. The number of aliphatic hydroxyl groups is 1. The Labute approximate surface area is 125 Å². The first-order chi connectivity index (χ1) is 9.89. The maximum Gasteiger partial charge on any atom is 0.224 e. The minimum atomic E-state index is -0.905. The first-order valence-electron chi connectivity index (χ1n) is 7.38. The van der Waals surface area contributed by atoms with Crippen molar-refractivity contribution in [3.05, 3.63) is 30.1 Å². The lowest BCUT2D eigenvalue weighted by Crippen LogP contribution is -2.68. The van der Waals surface area contributed by atoms with Crippen LogP contribution in [0.2, 0.25) is 0 Å². The van der Waals surface area contributed by atoms with Crippen molar-refractivity contribution in [2.75, 3.05) is 13.2 Å². The summed E-state index contributed by atoms with van der Waals surface area (Å²) in [6, 6.07) is 3.66. The SMILES string of the molecule is CCOC1CC(O)(CNC(=O)Cc2cccnc2)C1(C)C. The summed E-state index contributed by atoms with van der Waals surface area (Å²) in [7, 11) is 0. The zero-order valence-electron chi connectivity index (χ0n) is 12.9. The van der Waals surface area contributed by atoms with Gasteiger partial charge in [0.05, 0.1) is 18.1 Å². The molecule has 2 rings (SSSR count). The molecule has 5 heteroatoms. The van der Waals surface area contributed by atoms with Crippen molar-refractivity contribution < 1.29 is 14.6 Å². The van der Waals surface area contributed by atoms with Gasteiger partial charge >= 0.3 is 0 Å². The third-order valence-electron chi connectivity index (χ3n) is 4.56. The van der Waals surface area contributed by atoms with E-state index in [1.165, 1.54) is 0 Å². The Morgan fingerprint density at radius 3 is 2.90 bits per heavy atom. The van der Waals surface area contributed by atoms with Crippen molar-refractivity contribution in [1.29, 1.82) is 0 Å². The Bertz CT molecular complexity index is 490. The first-order valence-corrected chi connectivity index (χ1v) is 7.38. The molecular formula is C16H24N2O3. The molecule has 0 aliphatic heterocycles. The van der Waals surface area contributed by atoms with Crippen LogP contribution >= 0.6 is 0 Å². The lowest BCUT2D eigenvalue weighted by atomic mass is 9.56. The van der Waals surface area contributed by atoms with Crippen molar-refractivity contribution in [2.45, 2.75) is 45.3 Å². The Hall–Kier alpha value is -1.46. The van der Waals surface area contributed by atoms with Crippen molar-refractivity contribution in [1.82, 2.24) is 10.3 Å². The smallest absolute Gasteiger partial charge is 0.224 e. The predicted octanol–water partition coefficient (Wildman–Crippen LogP) is 1.31. The number of carbonyl (C=O) groups excluding carboxylic acids is 1. The van der Waals surface area contributed by atoms with Crippen LogP contribution < -0.4 is 5.32 Å². The van der Waals surface area contributed by atoms with Gasteiger partial charge in [-0.25, -0.2) is 0 Å². The highest BCUT2D eigenvalue weighted by Crippen LogP contribution is 2.50. The van der Waals surface area contributed by atoms with E-state index in [1.807, 2.05) is 26.8 Å². The Balaban J connectivity index is 1.84. The molecule has 0 spiro atoms. The van der Waals surface area contributed by atoms with Gasteiger partial charge in [0.2, 0.25) is 5.91 Å². The summed E-state index contributed by atoms with van der Waals surface area (Å²) in [5, 5.41) is 13.5. The van der Waals surface area contributed by atoms with E-state index in [-0.39, 0.29) is 30.4 Å². The average molecular weight is 292 g/mol. The molecule has 0 bridgehead atoms. The number of nitrogens with zero attached hydrogens (tertiary/aromatic N) is 1. The molecule has 1 heterocycles. The van der Waals surface area contributed by atoms with Crippen LogP contribution in [-0.4, -0.2) is 40.9 Å². The van der Waals surface area contributed by atoms with E-state index < -0.39 is 5.60 Å². The van der Waals surface area contributed by atoms with Gasteiger partial charge in [0.1, 0.15) is 0 Å². The number of hydrogen-bond acceptors (Lipinski definition) is 4. The topological polar surface area (TPSA) is 71.5 Å². The van der Waals surface area contributed by atoms with Crippen LogP contribution in [0.25, 0.3) is 0 Å². The third-order valence-corrected chi connectivity index (χ3v) is 4.56. The van der Waals surface area contributed by atoms with E-state index in [1.54, 1.807) is 18.5 Å². The van der Waals surface area contributed by atoms with E-state index in [2.05, 4.69) is 10.3 Å². The molecule has 1 aromatic heterocycles. The van der Waals surface area contributed by atoms with Crippen molar-refractivity contribution in [2.24, 2.45) is 5.41 Å². The number of carbonyl (C=O) groups is 1. The fraction of sp³-hybridized carbons (Fsp3) is 0.625. The maximum absolute atomic E-state index is 11.9. The van der Waals surface area contributed by atoms with Gasteiger partial charge in [-0.05, 0) is 18.6 Å². The second-order valence-corrected chi connectivity index (χ2v) is 6.22. The highest BCUT2D eigenvalue weighted by atomic mass is 16.5. The molecule has 21 heavy (non-hydrogen) atoms. The molecule has 0 radical (unpaired) electrons. The van der Waals surface area contributed by atoms with Gasteiger partial charge in [0.25, 0.3) is 0 Å². The molecule has 2 unspecified atom stereocenters. The van der Waals surface area contributed by atoms with Crippen LogP contribution in [0.5, 0.6) is 0 Å². The molecule has 0 aromatic carbocycles. The van der Waals surface area contributed by atoms with Crippen LogP contribution in [0.1, 0.15) is 32.8 Å². The largest absolute Gasteiger partial charge is 0.387 e. The summed E-state index contributed by atoms with van der Waals surface area (Å²) >= 11 is 0. The second kappa shape index (κ2) is 6.12. The Morgan fingerprint density at radius 2 is 2.33 bits per heavy atom. The van der Waals surface area contributed by atoms with Crippen LogP contribution in [0, 0.1) is 5.41 Å². The molecule has 2 atom stereocenters. The number of nitrogens with one attached hydrogen (secondary N) is 1. The van der Waals surface area contributed by atoms with Crippen LogP contribution in [0.3, 0.4) is 0 Å². The molecule has 1 aromatic rings.